The van der Waals surface area contributed by atoms with Crippen LogP contribution in [0.3, 0.4) is 0 Å². The summed E-state index contributed by atoms with van der Waals surface area (Å²) in [5.41, 5.74) is 5.61. The van der Waals surface area contributed by atoms with E-state index in [4.69, 9.17) is 15.6 Å². The Balaban J connectivity index is 2.47. The largest absolute Gasteiger partial charge is 0.394 e. The highest BCUT2D eigenvalue weighted by atomic mass is 32.2. The summed E-state index contributed by atoms with van der Waals surface area (Å²) in [6.07, 6.45) is -3.42. The zero-order valence-electron chi connectivity index (χ0n) is 11.1. The number of rotatable bonds is 5. The first-order valence-corrected chi connectivity index (χ1v) is 7.13. The molecule has 0 aliphatic carbocycles. The minimum atomic E-state index is -1.29. The lowest BCUT2D eigenvalue weighted by Gasteiger charge is -2.37. The number of carbonyl (C=O) groups excluding carboxylic acids is 2. The second-order valence-electron chi connectivity index (χ2n) is 4.56. The predicted octanol–water partition coefficient (Wildman–Crippen LogP) is -2.81. The summed E-state index contributed by atoms with van der Waals surface area (Å²) in [5.74, 6) is -0.409. The summed E-state index contributed by atoms with van der Waals surface area (Å²) in [6, 6.07) is -1.71. The Bertz CT molecular complexity index is 356. The zero-order chi connectivity index (χ0) is 15.3. The van der Waals surface area contributed by atoms with Crippen LogP contribution in [0.5, 0.6) is 0 Å². The van der Waals surface area contributed by atoms with Crippen molar-refractivity contribution in [2.24, 2.45) is 5.73 Å². The number of thioether (sulfide) groups is 1. The molecule has 116 valence electrons. The van der Waals surface area contributed by atoms with Crippen LogP contribution in [-0.2, 0) is 14.3 Å². The van der Waals surface area contributed by atoms with Crippen molar-refractivity contribution in [3.63, 3.8) is 0 Å². The average molecular weight is 308 g/mol. The molecule has 1 aliphatic rings. The van der Waals surface area contributed by atoms with Crippen LogP contribution in [0, 0.1) is 0 Å². The molecule has 0 bridgehead atoms. The highest BCUT2D eigenvalue weighted by Crippen LogP contribution is 2.15. The van der Waals surface area contributed by atoms with Crippen molar-refractivity contribution in [2.75, 3.05) is 19.0 Å². The zero-order valence-corrected chi connectivity index (χ0v) is 11.9. The van der Waals surface area contributed by atoms with Gasteiger partial charge in [0.15, 0.2) is 5.12 Å². The Hall–Kier alpha value is -0.710. The fourth-order valence-corrected chi connectivity index (χ4v) is 2.31. The molecular formula is C11H20N2O6S. The maximum absolute atomic E-state index is 11.8. The monoisotopic (exact) mass is 308 g/mol. The fraction of sp³-hybridized carbons (Fsp3) is 0.818. The molecule has 0 aromatic rings. The Morgan fingerprint density at radius 1 is 1.45 bits per heavy atom. The first kappa shape index (κ1) is 17.3. The molecule has 1 unspecified atom stereocenters. The van der Waals surface area contributed by atoms with Crippen LogP contribution in [0.4, 0.5) is 0 Å². The molecule has 8 nitrogen and oxygen atoms in total. The van der Waals surface area contributed by atoms with Crippen molar-refractivity contribution < 1.29 is 29.6 Å². The van der Waals surface area contributed by atoms with Gasteiger partial charge in [0.1, 0.15) is 18.3 Å². The Kier molecular flexibility index (Phi) is 6.86. The Labute approximate surface area is 120 Å². The highest BCUT2D eigenvalue weighted by molar-refractivity contribution is 8.13. The second-order valence-corrected chi connectivity index (χ2v) is 5.76. The van der Waals surface area contributed by atoms with Crippen LogP contribution in [0.2, 0.25) is 0 Å². The third-order valence-electron chi connectivity index (χ3n) is 2.94. The van der Waals surface area contributed by atoms with E-state index < -0.39 is 42.9 Å². The quantitative estimate of drug-likeness (QED) is 0.366. The summed E-state index contributed by atoms with van der Waals surface area (Å²) in [4.78, 5) is 22.6. The Morgan fingerprint density at radius 2 is 2.10 bits per heavy atom. The van der Waals surface area contributed by atoms with E-state index >= 15 is 0 Å². The predicted molar refractivity (Wildman–Crippen MR) is 71.9 cm³/mol. The lowest BCUT2D eigenvalue weighted by molar-refractivity contribution is -0.164. The molecule has 0 spiro atoms. The van der Waals surface area contributed by atoms with Gasteiger partial charge in [0, 0.05) is 12.7 Å². The smallest absolute Gasteiger partial charge is 0.238 e. The number of aliphatic hydroxyl groups is 3. The molecule has 1 heterocycles. The van der Waals surface area contributed by atoms with Gasteiger partial charge in [-0.15, -0.1) is 0 Å². The number of nitrogens with one attached hydrogen (secondary N) is 1. The van der Waals surface area contributed by atoms with Crippen LogP contribution in [-0.4, -0.2) is 75.7 Å². The molecule has 0 aromatic carbocycles. The standard InChI is InChI=1S/C11H20N2O6S/c1-5(15)20-4-6(12)11(18)13-7-3-19-8(2-14)10(17)9(7)16/h6-10,14,16-17H,2-4,12H2,1H3,(H,13,18)/t6-,7?,8+,9+,10+/m0/s1. The molecule has 1 aliphatic heterocycles. The molecule has 9 heteroatoms. The number of nitrogens with two attached hydrogens (primary N) is 1. The minimum absolute atomic E-state index is 0.0399. The van der Waals surface area contributed by atoms with Crippen LogP contribution >= 0.6 is 11.8 Å². The van der Waals surface area contributed by atoms with E-state index in [2.05, 4.69) is 5.32 Å². The maximum atomic E-state index is 11.8. The molecule has 1 fully saturated rings. The maximum Gasteiger partial charge on any atom is 0.238 e. The van der Waals surface area contributed by atoms with Crippen LogP contribution in [0.25, 0.3) is 0 Å². The van der Waals surface area contributed by atoms with Gasteiger partial charge in [0.25, 0.3) is 0 Å². The van der Waals surface area contributed by atoms with E-state index in [9.17, 15) is 19.8 Å². The van der Waals surface area contributed by atoms with E-state index in [1.54, 1.807) is 0 Å². The van der Waals surface area contributed by atoms with E-state index in [1.807, 2.05) is 0 Å². The number of carbonyl (C=O) groups is 2. The molecule has 0 radical (unpaired) electrons. The minimum Gasteiger partial charge on any atom is -0.394 e. The topological polar surface area (TPSA) is 142 Å². The van der Waals surface area contributed by atoms with Gasteiger partial charge in [-0.2, -0.15) is 0 Å². The van der Waals surface area contributed by atoms with Crippen molar-refractivity contribution in [1.82, 2.24) is 5.32 Å². The molecule has 0 saturated carbocycles. The van der Waals surface area contributed by atoms with E-state index in [-0.39, 0.29) is 17.5 Å². The van der Waals surface area contributed by atoms with E-state index in [0.29, 0.717) is 0 Å². The SMILES string of the molecule is CC(=O)SC[C@H](N)C(=O)NC1CO[C@H](CO)[C@@H](O)[C@@H]1O. The molecule has 6 N–H and O–H groups in total. The summed E-state index contributed by atoms with van der Waals surface area (Å²) in [6.45, 7) is 0.912. The van der Waals surface area contributed by atoms with Gasteiger partial charge in [-0.3, -0.25) is 9.59 Å². The number of hydrogen-bond donors (Lipinski definition) is 5. The van der Waals surface area contributed by atoms with E-state index in [1.165, 1.54) is 6.92 Å². The summed E-state index contributed by atoms with van der Waals surface area (Å²) in [5, 5.41) is 30.7. The molecule has 1 rings (SSSR count). The van der Waals surface area contributed by atoms with Crippen LogP contribution in [0.1, 0.15) is 6.92 Å². The average Bonchev–Trinajstić information content (AvgIpc) is 2.41. The van der Waals surface area contributed by atoms with Gasteiger partial charge >= 0.3 is 0 Å². The molecule has 1 amide bonds. The van der Waals surface area contributed by atoms with Crippen LogP contribution in [0.15, 0.2) is 0 Å². The van der Waals surface area contributed by atoms with Crippen LogP contribution < -0.4 is 11.1 Å². The van der Waals surface area contributed by atoms with Gasteiger partial charge in [-0.05, 0) is 0 Å². The van der Waals surface area contributed by atoms with Gasteiger partial charge in [-0.25, -0.2) is 0 Å². The van der Waals surface area contributed by atoms with Crippen molar-refractivity contribution >= 4 is 22.8 Å². The highest BCUT2D eigenvalue weighted by Gasteiger charge is 2.39. The first-order chi connectivity index (χ1) is 9.36. The number of ether oxygens (including phenoxy) is 1. The second kappa shape index (κ2) is 7.91. The normalized spacial score (nSPS) is 31.6. The van der Waals surface area contributed by atoms with Crippen molar-refractivity contribution in [3.8, 4) is 0 Å². The lowest BCUT2D eigenvalue weighted by Crippen LogP contribution is -2.61. The summed E-state index contributed by atoms with van der Waals surface area (Å²) >= 11 is 0.934. The van der Waals surface area contributed by atoms with Gasteiger partial charge < -0.3 is 31.1 Å². The van der Waals surface area contributed by atoms with Gasteiger partial charge in [0.2, 0.25) is 5.91 Å². The third-order valence-corrected chi connectivity index (χ3v) is 3.88. The van der Waals surface area contributed by atoms with Crippen molar-refractivity contribution in [2.45, 2.75) is 37.3 Å². The van der Waals surface area contributed by atoms with E-state index in [0.717, 1.165) is 11.8 Å². The molecule has 5 atom stereocenters. The van der Waals surface area contributed by atoms with Gasteiger partial charge in [0.05, 0.1) is 25.3 Å². The fourth-order valence-electron chi connectivity index (χ4n) is 1.74. The molecule has 0 aromatic heterocycles. The summed E-state index contributed by atoms with van der Waals surface area (Å²) in [7, 11) is 0. The first-order valence-electron chi connectivity index (χ1n) is 6.14. The third kappa shape index (κ3) is 4.69. The molecule has 20 heavy (non-hydrogen) atoms. The Morgan fingerprint density at radius 3 is 2.65 bits per heavy atom. The molecule has 1 saturated heterocycles. The van der Waals surface area contributed by atoms with Gasteiger partial charge in [-0.1, -0.05) is 11.8 Å². The lowest BCUT2D eigenvalue weighted by atomic mass is 9.98. The number of aliphatic hydroxyl groups excluding tert-OH is 3. The number of hydrogen-bond acceptors (Lipinski definition) is 8. The van der Waals surface area contributed by atoms with Crippen molar-refractivity contribution in [1.29, 1.82) is 0 Å². The van der Waals surface area contributed by atoms with Crippen molar-refractivity contribution in [3.05, 3.63) is 0 Å². The summed E-state index contributed by atoms with van der Waals surface area (Å²) < 4.78 is 5.13. The number of amides is 1. The molecular weight excluding hydrogens is 288 g/mol.